The molecule has 0 aromatic carbocycles. The van der Waals surface area contributed by atoms with Crippen LogP contribution in [0.15, 0.2) is 12.3 Å². The number of nitrogens with one attached hydrogen (secondary N) is 2. The summed E-state index contributed by atoms with van der Waals surface area (Å²) in [7, 11) is 0. The van der Waals surface area contributed by atoms with Gasteiger partial charge in [0.1, 0.15) is 5.15 Å². The molecule has 0 aliphatic carbocycles. The zero-order valence-electron chi connectivity index (χ0n) is 17.4. The molecular weight excluding hydrogens is 430 g/mol. The highest BCUT2D eigenvalue weighted by atomic mass is 35.5. The predicted molar refractivity (Wildman–Crippen MR) is 117 cm³/mol. The summed E-state index contributed by atoms with van der Waals surface area (Å²) < 4.78 is 13.6. The fraction of sp³-hybridized carbons (Fsp3) is 0.429. The summed E-state index contributed by atoms with van der Waals surface area (Å²) in [6.45, 7) is 7.99. The third kappa shape index (κ3) is 5.89. The maximum atomic E-state index is 13.6. The van der Waals surface area contributed by atoms with Crippen LogP contribution in [0.1, 0.15) is 73.1 Å². The highest BCUT2D eigenvalue weighted by molar-refractivity contribution is 6.35. The van der Waals surface area contributed by atoms with Gasteiger partial charge in [-0.05, 0) is 42.9 Å². The third-order valence-electron chi connectivity index (χ3n) is 4.67. The fourth-order valence-corrected chi connectivity index (χ4v) is 3.40. The summed E-state index contributed by atoms with van der Waals surface area (Å²) >= 11 is 11.4. The summed E-state index contributed by atoms with van der Waals surface area (Å²) in [5.41, 5.74) is 2.94. The number of urea groups is 1. The van der Waals surface area contributed by atoms with E-state index in [1.54, 1.807) is 0 Å². The van der Waals surface area contributed by atoms with Crippen molar-refractivity contribution in [2.75, 3.05) is 5.32 Å². The fourth-order valence-electron chi connectivity index (χ4n) is 2.99. The molecule has 162 valence electrons. The lowest BCUT2D eigenvalue weighted by molar-refractivity contribution is 0.0966. The maximum Gasteiger partial charge on any atom is 0.326 e. The lowest BCUT2D eigenvalue weighted by Gasteiger charge is -2.18. The maximum absolute atomic E-state index is 13.6. The molecule has 0 radical (unpaired) electrons. The monoisotopic (exact) mass is 454 g/mol. The molecule has 2 heterocycles. The molecule has 2 N–H and O–H groups in total. The van der Waals surface area contributed by atoms with Crippen molar-refractivity contribution in [3.8, 4) is 0 Å². The Morgan fingerprint density at radius 3 is 2.53 bits per heavy atom. The van der Waals surface area contributed by atoms with Crippen LogP contribution in [-0.2, 0) is 6.42 Å². The molecule has 3 amide bonds. The number of pyridine rings is 2. The average molecular weight is 455 g/mol. The Kier molecular flexibility index (Phi) is 8.55. The molecule has 2 aromatic heterocycles. The van der Waals surface area contributed by atoms with E-state index in [0.717, 1.165) is 42.9 Å². The van der Waals surface area contributed by atoms with Crippen molar-refractivity contribution in [1.82, 2.24) is 15.3 Å². The molecule has 0 spiro atoms. The van der Waals surface area contributed by atoms with Crippen molar-refractivity contribution in [3.63, 3.8) is 0 Å². The Hall–Kier alpha value is -2.25. The Morgan fingerprint density at radius 1 is 1.20 bits per heavy atom. The molecule has 0 saturated carbocycles. The van der Waals surface area contributed by atoms with Gasteiger partial charge in [-0.2, -0.15) is 0 Å². The van der Waals surface area contributed by atoms with Crippen molar-refractivity contribution in [2.24, 2.45) is 0 Å². The van der Waals surface area contributed by atoms with Crippen LogP contribution in [0.4, 0.5) is 14.9 Å². The smallest absolute Gasteiger partial charge is 0.306 e. The summed E-state index contributed by atoms with van der Waals surface area (Å²) in [5, 5.41) is 4.11. The van der Waals surface area contributed by atoms with Gasteiger partial charge in [-0.1, -0.05) is 56.8 Å². The third-order valence-corrected chi connectivity index (χ3v) is 5.22. The quantitative estimate of drug-likeness (QED) is 0.393. The number of carbonyl (C=O) groups is 2. The van der Waals surface area contributed by atoms with Gasteiger partial charge < -0.3 is 5.32 Å². The number of carbonyl (C=O) groups excluding carboxylic acids is 2. The van der Waals surface area contributed by atoms with Crippen molar-refractivity contribution in [1.29, 1.82) is 0 Å². The minimum atomic E-state index is -0.909. The lowest BCUT2D eigenvalue weighted by Crippen LogP contribution is -2.35. The first-order valence-electron chi connectivity index (χ1n) is 9.77. The van der Waals surface area contributed by atoms with E-state index in [1.807, 2.05) is 27.0 Å². The van der Waals surface area contributed by atoms with Gasteiger partial charge in [0.2, 0.25) is 0 Å². The molecular formula is C21H25Cl2FN4O2. The van der Waals surface area contributed by atoms with Crippen molar-refractivity contribution in [2.45, 2.75) is 59.3 Å². The standard InChI is InChI=1S/C21H25Cl2FN4O2/c1-5-6-7-8-13-10-25-16(11(2)3)17(12(13)4)26-21(30)28-20(29)14-9-15(24)19(23)27-18(14)22/h9-11H,5-8H2,1-4H3,(H2,26,28,29,30). The molecule has 2 rings (SSSR count). The SMILES string of the molecule is CCCCCc1cnc(C(C)C)c(NC(=O)NC(=O)c2cc(F)c(Cl)nc2Cl)c1C. The average Bonchev–Trinajstić information content (AvgIpc) is 2.67. The topological polar surface area (TPSA) is 84.0 Å². The molecule has 6 nitrogen and oxygen atoms in total. The van der Waals surface area contributed by atoms with Gasteiger partial charge in [0.25, 0.3) is 5.91 Å². The van der Waals surface area contributed by atoms with E-state index in [-0.39, 0.29) is 16.6 Å². The molecule has 0 atom stereocenters. The summed E-state index contributed by atoms with van der Waals surface area (Å²) in [4.78, 5) is 32.9. The number of nitrogens with zero attached hydrogens (tertiary/aromatic N) is 2. The normalized spacial score (nSPS) is 10.9. The first kappa shape index (κ1) is 24.0. The van der Waals surface area contributed by atoms with Crippen molar-refractivity contribution >= 4 is 40.8 Å². The second kappa shape index (κ2) is 10.7. The molecule has 0 aliphatic heterocycles. The number of amides is 3. The summed E-state index contributed by atoms with van der Waals surface area (Å²) in [6.07, 6.45) is 5.93. The Labute approximate surface area is 185 Å². The highest BCUT2D eigenvalue weighted by Gasteiger charge is 2.20. The number of rotatable bonds is 7. The minimum absolute atomic E-state index is 0.0587. The minimum Gasteiger partial charge on any atom is -0.306 e. The molecule has 0 saturated heterocycles. The summed E-state index contributed by atoms with van der Waals surface area (Å²) in [6, 6.07) is 0.0602. The Morgan fingerprint density at radius 2 is 1.90 bits per heavy atom. The zero-order valence-corrected chi connectivity index (χ0v) is 18.9. The van der Waals surface area contributed by atoms with Crippen LogP contribution in [0.25, 0.3) is 0 Å². The number of hydrogen-bond donors (Lipinski definition) is 2. The number of imide groups is 1. The largest absolute Gasteiger partial charge is 0.326 e. The number of aryl methyl sites for hydroxylation is 1. The van der Waals surface area contributed by atoms with E-state index < -0.39 is 22.9 Å². The van der Waals surface area contributed by atoms with Crippen LogP contribution in [0.3, 0.4) is 0 Å². The summed E-state index contributed by atoms with van der Waals surface area (Å²) in [5.74, 6) is -1.74. The lowest BCUT2D eigenvalue weighted by atomic mass is 9.98. The first-order valence-corrected chi connectivity index (χ1v) is 10.5. The second-order valence-corrected chi connectivity index (χ2v) is 8.00. The van der Waals surface area contributed by atoms with Gasteiger partial charge in [-0.15, -0.1) is 0 Å². The van der Waals surface area contributed by atoms with E-state index in [1.165, 1.54) is 0 Å². The van der Waals surface area contributed by atoms with Gasteiger partial charge in [-0.25, -0.2) is 14.2 Å². The van der Waals surface area contributed by atoms with Gasteiger partial charge in [-0.3, -0.25) is 15.1 Å². The molecule has 0 aliphatic rings. The number of hydrogen-bond acceptors (Lipinski definition) is 4. The van der Waals surface area contributed by atoms with Crippen LogP contribution < -0.4 is 10.6 Å². The van der Waals surface area contributed by atoms with Gasteiger partial charge in [0.05, 0.1) is 16.9 Å². The predicted octanol–water partition coefficient (Wildman–Crippen LogP) is 6.05. The van der Waals surface area contributed by atoms with Gasteiger partial charge >= 0.3 is 6.03 Å². The van der Waals surface area contributed by atoms with Gasteiger partial charge in [0.15, 0.2) is 11.0 Å². The molecule has 9 heteroatoms. The molecule has 30 heavy (non-hydrogen) atoms. The van der Waals surface area contributed by atoms with E-state index in [9.17, 15) is 14.0 Å². The van der Waals surface area contributed by atoms with Crippen LogP contribution in [0, 0.1) is 12.7 Å². The van der Waals surface area contributed by atoms with E-state index in [0.29, 0.717) is 11.4 Å². The number of anilines is 1. The second-order valence-electron chi connectivity index (χ2n) is 7.29. The number of unbranched alkanes of at least 4 members (excludes halogenated alkanes) is 2. The zero-order chi connectivity index (χ0) is 22.4. The molecule has 2 aromatic rings. The van der Waals surface area contributed by atoms with Crippen LogP contribution in [0.2, 0.25) is 10.3 Å². The number of aromatic nitrogens is 2. The van der Waals surface area contributed by atoms with Gasteiger partial charge in [0, 0.05) is 6.20 Å². The van der Waals surface area contributed by atoms with E-state index in [2.05, 4.69) is 27.5 Å². The van der Waals surface area contributed by atoms with Crippen molar-refractivity contribution < 1.29 is 14.0 Å². The first-order chi connectivity index (χ1) is 14.1. The Balaban J connectivity index is 2.23. The van der Waals surface area contributed by atoms with E-state index >= 15 is 0 Å². The van der Waals surface area contributed by atoms with Crippen LogP contribution in [0.5, 0.6) is 0 Å². The van der Waals surface area contributed by atoms with E-state index in [4.69, 9.17) is 23.2 Å². The molecule has 0 fully saturated rings. The molecule has 0 unspecified atom stereocenters. The van der Waals surface area contributed by atoms with Crippen LogP contribution in [-0.4, -0.2) is 21.9 Å². The number of halogens is 3. The van der Waals surface area contributed by atoms with Crippen molar-refractivity contribution in [3.05, 3.63) is 50.8 Å². The van der Waals surface area contributed by atoms with Crippen LogP contribution >= 0.6 is 23.2 Å². The Bertz CT molecular complexity index is 951. The molecule has 0 bridgehead atoms. The highest BCUT2D eigenvalue weighted by Crippen LogP contribution is 2.29.